The number of hydrogen-bond donors (Lipinski definition) is 0. The molecule has 1 nitrogen and oxygen atoms in total. The SMILES string of the molecule is CC1CC(C=COC=CC2CC(C)CC(C)(C)C2)CC(C)(C)C1. The van der Waals surface area contributed by atoms with Crippen LogP contribution in [0.1, 0.15) is 80.1 Å². The van der Waals surface area contributed by atoms with Gasteiger partial charge in [-0.15, -0.1) is 0 Å². The van der Waals surface area contributed by atoms with Crippen LogP contribution in [0.2, 0.25) is 0 Å². The molecule has 2 aliphatic rings. The second-order valence-electron chi connectivity index (χ2n) is 10.1. The summed E-state index contributed by atoms with van der Waals surface area (Å²) in [5.74, 6) is 3.01. The summed E-state index contributed by atoms with van der Waals surface area (Å²) >= 11 is 0. The Morgan fingerprint density at radius 3 is 1.43 bits per heavy atom. The van der Waals surface area contributed by atoms with Gasteiger partial charge in [0.25, 0.3) is 0 Å². The van der Waals surface area contributed by atoms with Crippen LogP contribution >= 0.6 is 0 Å². The van der Waals surface area contributed by atoms with Crippen molar-refractivity contribution in [1.29, 1.82) is 0 Å². The molecule has 4 unspecified atom stereocenters. The highest BCUT2D eigenvalue weighted by Crippen LogP contribution is 2.43. The van der Waals surface area contributed by atoms with Gasteiger partial charge < -0.3 is 4.74 Å². The summed E-state index contributed by atoms with van der Waals surface area (Å²) in [6, 6.07) is 0. The summed E-state index contributed by atoms with van der Waals surface area (Å²) in [5.41, 5.74) is 0.957. The minimum Gasteiger partial charge on any atom is -0.473 e. The van der Waals surface area contributed by atoms with E-state index >= 15 is 0 Å². The maximum Gasteiger partial charge on any atom is 0.0864 e. The average Bonchev–Trinajstić information content (AvgIpc) is 2.33. The van der Waals surface area contributed by atoms with Gasteiger partial charge in [-0.2, -0.15) is 0 Å². The Kier molecular flexibility index (Phi) is 6.03. The van der Waals surface area contributed by atoms with Crippen LogP contribution in [0, 0.1) is 34.5 Å². The molecular formula is C22H38O. The van der Waals surface area contributed by atoms with Gasteiger partial charge in [-0.3, -0.25) is 0 Å². The molecule has 23 heavy (non-hydrogen) atoms. The van der Waals surface area contributed by atoms with Gasteiger partial charge in [-0.25, -0.2) is 0 Å². The molecule has 0 aromatic rings. The quantitative estimate of drug-likeness (QED) is 0.509. The summed E-state index contributed by atoms with van der Waals surface area (Å²) in [7, 11) is 0. The lowest BCUT2D eigenvalue weighted by Gasteiger charge is -2.38. The third kappa shape index (κ3) is 6.36. The minimum absolute atomic E-state index is 0.479. The number of rotatable bonds is 4. The van der Waals surface area contributed by atoms with Crippen molar-refractivity contribution in [3.63, 3.8) is 0 Å². The summed E-state index contributed by atoms with van der Waals surface area (Å²) in [6.45, 7) is 14.4. The Balaban J connectivity index is 1.78. The molecule has 2 aliphatic carbocycles. The molecular weight excluding hydrogens is 280 g/mol. The van der Waals surface area contributed by atoms with Crippen molar-refractivity contribution < 1.29 is 4.74 Å². The predicted octanol–water partition coefficient (Wildman–Crippen LogP) is 6.96. The molecule has 0 heterocycles. The number of ether oxygens (including phenoxy) is 1. The molecule has 2 fully saturated rings. The fraction of sp³-hybridized carbons (Fsp3) is 0.818. The van der Waals surface area contributed by atoms with E-state index in [0.29, 0.717) is 22.7 Å². The standard InChI is InChI=1S/C22H38O/c1-17-11-19(15-21(3,4)13-17)7-9-23-10-8-20-12-18(2)14-22(5,6)16-20/h7-10,17-20H,11-16H2,1-6H3. The van der Waals surface area contributed by atoms with E-state index in [2.05, 4.69) is 53.7 Å². The van der Waals surface area contributed by atoms with Gasteiger partial charge in [0, 0.05) is 0 Å². The van der Waals surface area contributed by atoms with Gasteiger partial charge in [0.15, 0.2) is 0 Å². The molecule has 0 saturated heterocycles. The molecule has 0 radical (unpaired) electrons. The molecule has 0 spiro atoms. The second kappa shape index (κ2) is 7.45. The van der Waals surface area contributed by atoms with Crippen LogP contribution in [0.15, 0.2) is 24.7 Å². The molecule has 0 amide bonds. The zero-order valence-electron chi connectivity index (χ0n) is 16.3. The van der Waals surface area contributed by atoms with Gasteiger partial charge in [-0.1, -0.05) is 41.5 Å². The van der Waals surface area contributed by atoms with E-state index < -0.39 is 0 Å². The summed E-state index contributed by atoms with van der Waals surface area (Å²) in [5, 5.41) is 0. The third-order valence-electron chi connectivity index (χ3n) is 5.70. The molecule has 2 saturated carbocycles. The molecule has 132 valence electrons. The van der Waals surface area contributed by atoms with E-state index in [9.17, 15) is 0 Å². The molecule has 0 aromatic heterocycles. The molecule has 0 aromatic carbocycles. The van der Waals surface area contributed by atoms with Crippen molar-refractivity contribution in [1.82, 2.24) is 0 Å². The first-order valence-electron chi connectivity index (χ1n) is 9.64. The highest BCUT2D eigenvalue weighted by molar-refractivity contribution is 4.95. The van der Waals surface area contributed by atoms with E-state index in [4.69, 9.17) is 4.74 Å². The fourth-order valence-corrected chi connectivity index (χ4v) is 5.49. The van der Waals surface area contributed by atoms with Gasteiger partial charge in [0.05, 0.1) is 12.5 Å². The largest absolute Gasteiger partial charge is 0.473 e. The summed E-state index contributed by atoms with van der Waals surface area (Å²) in [6.07, 6.45) is 16.3. The van der Waals surface area contributed by atoms with Crippen molar-refractivity contribution in [3.05, 3.63) is 24.7 Å². The van der Waals surface area contributed by atoms with E-state index in [1.54, 1.807) is 0 Å². The molecule has 0 aliphatic heterocycles. The Morgan fingerprint density at radius 2 is 1.09 bits per heavy atom. The summed E-state index contributed by atoms with van der Waals surface area (Å²) < 4.78 is 5.68. The van der Waals surface area contributed by atoms with Gasteiger partial charge in [0.2, 0.25) is 0 Å². The highest BCUT2D eigenvalue weighted by atomic mass is 16.5. The maximum absolute atomic E-state index is 5.68. The topological polar surface area (TPSA) is 9.23 Å². The lowest BCUT2D eigenvalue weighted by molar-refractivity contribution is 0.153. The third-order valence-corrected chi connectivity index (χ3v) is 5.70. The molecule has 4 atom stereocenters. The van der Waals surface area contributed by atoms with Crippen LogP contribution in [0.5, 0.6) is 0 Å². The Labute approximate surface area is 144 Å². The average molecular weight is 319 g/mol. The van der Waals surface area contributed by atoms with E-state index in [0.717, 1.165) is 11.8 Å². The van der Waals surface area contributed by atoms with Gasteiger partial charge in [0.1, 0.15) is 0 Å². The van der Waals surface area contributed by atoms with Crippen molar-refractivity contribution in [2.75, 3.05) is 0 Å². The maximum atomic E-state index is 5.68. The van der Waals surface area contributed by atoms with E-state index in [1.165, 1.54) is 38.5 Å². The zero-order chi connectivity index (χ0) is 17.1. The minimum atomic E-state index is 0.479. The number of allylic oxidation sites excluding steroid dienone is 2. The van der Waals surface area contributed by atoms with Crippen molar-refractivity contribution in [2.24, 2.45) is 34.5 Å². The second-order valence-corrected chi connectivity index (χ2v) is 10.1. The molecule has 0 bridgehead atoms. The Bertz CT molecular complexity index is 389. The van der Waals surface area contributed by atoms with Gasteiger partial charge >= 0.3 is 0 Å². The Hall–Kier alpha value is -0.720. The summed E-state index contributed by atoms with van der Waals surface area (Å²) in [4.78, 5) is 0. The smallest absolute Gasteiger partial charge is 0.0864 e. The molecule has 2 rings (SSSR count). The van der Waals surface area contributed by atoms with Crippen LogP contribution in [0.3, 0.4) is 0 Å². The van der Waals surface area contributed by atoms with Gasteiger partial charge in [-0.05, 0) is 85.2 Å². The van der Waals surface area contributed by atoms with E-state index in [-0.39, 0.29) is 0 Å². The first-order valence-corrected chi connectivity index (χ1v) is 9.64. The zero-order valence-corrected chi connectivity index (χ0v) is 16.3. The van der Waals surface area contributed by atoms with E-state index in [1.807, 2.05) is 12.5 Å². The van der Waals surface area contributed by atoms with Crippen LogP contribution in [-0.2, 0) is 4.74 Å². The first-order chi connectivity index (χ1) is 10.7. The lowest BCUT2D eigenvalue weighted by atomic mass is 9.68. The van der Waals surface area contributed by atoms with Crippen LogP contribution < -0.4 is 0 Å². The highest BCUT2D eigenvalue weighted by Gasteiger charge is 2.31. The van der Waals surface area contributed by atoms with Crippen molar-refractivity contribution in [3.8, 4) is 0 Å². The monoisotopic (exact) mass is 318 g/mol. The van der Waals surface area contributed by atoms with Crippen LogP contribution in [0.25, 0.3) is 0 Å². The van der Waals surface area contributed by atoms with Crippen molar-refractivity contribution in [2.45, 2.75) is 80.1 Å². The first kappa shape index (κ1) is 18.6. The van der Waals surface area contributed by atoms with Crippen LogP contribution in [-0.4, -0.2) is 0 Å². The lowest BCUT2D eigenvalue weighted by Crippen LogP contribution is -2.26. The van der Waals surface area contributed by atoms with Crippen LogP contribution in [0.4, 0.5) is 0 Å². The van der Waals surface area contributed by atoms with Crippen molar-refractivity contribution >= 4 is 0 Å². The normalized spacial score (nSPS) is 37.3. The number of hydrogen-bond acceptors (Lipinski definition) is 1. The molecule has 0 N–H and O–H groups in total. The fourth-order valence-electron chi connectivity index (χ4n) is 5.49. The Morgan fingerprint density at radius 1 is 0.696 bits per heavy atom. The predicted molar refractivity (Wildman–Crippen MR) is 99.9 cm³/mol. The molecule has 1 heteroatoms.